The molecule has 0 N–H and O–H groups in total. The van der Waals surface area contributed by atoms with Crippen LogP contribution in [0.25, 0.3) is 0 Å². The van der Waals surface area contributed by atoms with E-state index >= 15 is 0 Å². The summed E-state index contributed by atoms with van der Waals surface area (Å²) >= 11 is 0. The number of hydrogen-bond acceptors (Lipinski definition) is 0. The Morgan fingerprint density at radius 2 is 1.68 bits per heavy atom. The average molecular weight is 371 g/mol. The Kier molecular flexibility index (Phi) is 7.23. The van der Waals surface area contributed by atoms with E-state index in [-0.39, 0.29) is 5.41 Å². The van der Waals surface area contributed by atoms with Gasteiger partial charge in [0.1, 0.15) is 0 Å². The van der Waals surface area contributed by atoms with Crippen LogP contribution in [-0.4, -0.2) is 0 Å². The van der Waals surface area contributed by atoms with Crippen LogP contribution >= 0.6 is 0 Å². The van der Waals surface area contributed by atoms with E-state index in [1.807, 2.05) is 0 Å². The van der Waals surface area contributed by atoms with Crippen LogP contribution in [0.4, 0.5) is 0 Å². The van der Waals surface area contributed by atoms with Crippen LogP contribution in [0.1, 0.15) is 76.3 Å². The molecule has 146 valence electrons. The fraction of sp³-hybridized carbons (Fsp3) is 0.500. The lowest BCUT2D eigenvalue weighted by atomic mass is 9.67. The first-order valence-corrected chi connectivity index (χ1v) is 11.2. The summed E-state index contributed by atoms with van der Waals surface area (Å²) in [6.45, 7) is 4.52. The van der Waals surface area contributed by atoms with E-state index in [4.69, 9.17) is 6.42 Å². The minimum absolute atomic E-state index is 0.325. The van der Waals surface area contributed by atoms with Gasteiger partial charge in [0.05, 0.1) is 5.41 Å². The Balaban J connectivity index is 1.70. The smallest absolute Gasteiger partial charge is 0.0805 e. The zero-order valence-electron chi connectivity index (χ0n) is 17.6. The molecule has 28 heavy (non-hydrogen) atoms. The molecule has 0 bridgehead atoms. The molecule has 2 aliphatic carbocycles. The van der Waals surface area contributed by atoms with Crippen molar-refractivity contribution in [3.8, 4) is 24.2 Å². The summed E-state index contributed by atoms with van der Waals surface area (Å²) < 4.78 is 0. The van der Waals surface area contributed by atoms with Gasteiger partial charge in [-0.15, -0.1) is 6.42 Å². The molecule has 0 amide bonds. The maximum atomic E-state index is 6.05. The Morgan fingerprint density at radius 3 is 2.32 bits per heavy atom. The third kappa shape index (κ3) is 4.62. The zero-order valence-corrected chi connectivity index (χ0v) is 17.6. The molecule has 2 unspecified atom stereocenters. The lowest BCUT2D eigenvalue weighted by molar-refractivity contribution is 0.300. The first-order valence-electron chi connectivity index (χ1n) is 11.2. The zero-order chi connectivity index (χ0) is 19.8. The van der Waals surface area contributed by atoms with E-state index < -0.39 is 0 Å². The van der Waals surface area contributed by atoms with Gasteiger partial charge in [0.25, 0.3) is 0 Å². The van der Waals surface area contributed by atoms with Crippen LogP contribution in [0.2, 0.25) is 0 Å². The SMILES string of the molecule is C#CC1(c2ccc(C#CC3CCC(CCC)CC3)cc2)C=CC=CC1CCC. The topological polar surface area (TPSA) is 0 Å². The van der Waals surface area contributed by atoms with Crippen LogP contribution in [0.3, 0.4) is 0 Å². The predicted octanol–water partition coefficient (Wildman–Crippen LogP) is 7.06. The Morgan fingerprint density at radius 1 is 0.964 bits per heavy atom. The van der Waals surface area contributed by atoms with Crippen LogP contribution in [0.15, 0.2) is 48.6 Å². The molecule has 1 aromatic carbocycles. The highest BCUT2D eigenvalue weighted by molar-refractivity contribution is 5.48. The maximum Gasteiger partial charge on any atom is 0.0805 e. The van der Waals surface area contributed by atoms with Crippen molar-refractivity contribution in [2.45, 2.75) is 70.6 Å². The molecule has 1 saturated carbocycles. The molecular formula is C28H34. The van der Waals surface area contributed by atoms with Crippen molar-refractivity contribution in [1.82, 2.24) is 0 Å². The van der Waals surface area contributed by atoms with Crippen molar-refractivity contribution in [1.29, 1.82) is 0 Å². The molecule has 0 radical (unpaired) electrons. The molecule has 1 aromatic rings. The summed E-state index contributed by atoms with van der Waals surface area (Å²) in [6, 6.07) is 8.68. The van der Waals surface area contributed by atoms with E-state index in [0.29, 0.717) is 11.8 Å². The monoisotopic (exact) mass is 370 g/mol. The highest BCUT2D eigenvalue weighted by atomic mass is 14.4. The molecule has 0 aromatic heterocycles. The molecule has 0 aliphatic heterocycles. The largest absolute Gasteiger partial charge is 0.119 e. The number of allylic oxidation sites excluding steroid dienone is 4. The fourth-order valence-electron chi connectivity index (χ4n) is 4.88. The lowest BCUT2D eigenvalue weighted by Crippen LogP contribution is -2.32. The van der Waals surface area contributed by atoms with Crippen molar-refractivity contribution in [3.05, 3.63) is 59.7 Å². The second-order valence-corrected chi connectivity index (χ2v) is 8.51. The second-order valence-electron chi connectivity index (χ2n) is 8.51. The number of rotatable bonds is 5. The van der Waals surface area contributed by atoms with E-state index in [0.717, 1.165) is 24.3 Å². The summed E-state index contributed by atoms with van der Waals surface area (Å²) in [5, 5.41) is 0. The van der Waals surface area contributed by atoms with Gasteiger partial charge in [0, 0.05) is 17.4 Å². The van der Waals surface area contributed by atoms with E-state index in [1.54, 1.807) is 0 Å². The third-order valence-electron chi connectivity index (χ3n) is 6.56. The van der Waals surface area contributed by atoms with Gasteiger partial charge in [-0.05, 0) is 55.7 Å². The van der Waals surface area contributed by atoms with Gasteiger partial charge >= 0.3 is 0 Å². The normalized spacial score (nSPS) is 29.0. The Hall–Kier alpha value is -2.18. The van der Waals surface area contributed by atoms with Crippen LogP contribution < -0.4 is 0 Å². The van der Waals surface area contributed by atoms with Crippen molar-refractivity contribution < 1.29 is 0 Å². The third-order valence-corrected chi connectivity index (χ3v) is 6.56. The van der Waals surface area contributed by atoms with Gasteiger partial charge in [0.2, 0.25) is 0 Å². The van der Waals surface area contributed by atoms with Gasteiger partial charge in [-0.2, -0.15) is 0 Å². The van der Waals surface area contributed by atoms with Gasteiger partial charge in [-0.3, -0.25) is 0 Å². The van der Waals surface area contributed by atoms with Crippen molar-refractivity contribution in [3.63, 3.8) is 0 Å². The van der Waals surface area contributed by atoms with Gasteiger partial charge in [-0.1, -0.05) is 87.3 Å². The Bertz CT molecular complexity index is 781. The van der Waals surface area contributed by atoms with Crippen LogP contribution in [0, 0.1) is 41.9 Å². The molecule has 1 fully saturated rings. The molecule has 0 nitrogen and oxygen atoms in total. The van der Waals surface area contributed by atoms with Gasteiger partial charge in [0.15, 0.2) is 0 Å². The average Bonchev–Trinajstić information content (AvgIpc) is 2.75. The molecule has 0 heteroatoms. The highest BCUT2D eigenvalue weighted by Crippen LogP contribution is 2.39. The van der Waals surface area contributed by atoms with Crippen molar-refractivity contribution >= 4 is 0 Å². The Labute approximate surface area is 172 Å². The molecule has 3 rings (SSSR count). The lowest BCUT2D eigenvalue weighted by Gasteiger charge is -2.34. The van der Waals surface area contributed by atoms with E-state index in [1.165, 1.54) is 44.1 Å². The van der Waals surface area contributed by atoms with Crippen molar-refractivity contribution in [2.24, 2.45) is 17.8 Å². The quantitative estimate of drug-likeness (QED) is 0.487. The van der Waals surface area contributed by atoms with Crippen molar-refractivity contribution in [2.75, 3.05) is 0 Å². The molecule has 0 heterocycles. The number of benzene rings is 1. The molecule has 0 saturated heterocycles. The predicted molar refractivity (Wildman–Crippen MR) is 121 cm³/mol. The van der Waals surface area contributed by atoms with Crippen LogP contribution in [-0.2, 0) is 5.41 Å². The number of hydrogen-bond donors (Lipinski definition) is 0. The molecule has 2 atom stereocenters. The molecule has 0 spiro atoms. The highest BCUT2D eigenvalue weighted by Gasteiger charge is 2.35. The summed E-state index contributed by atoms with van der Waals surface area (Å²) in [4.78, 5) is 0. The van der Waals surface area contributed by atoms with Crippen LogP contribution in [0.5, 0.6) is 0 Å². The minimum atomic E-state index is -0.325. The summed E-state index contributed by atoms with van der Waals surface area (Å²) in [5.74, 6) is 12.0. The summed E-state index contributed by atoms with van der Waals surface area (Å²) in [7, 11) is 0. The molecular weight excluding hydrogens is 336 g/mol. The maximum absolute atomic E-state index is 6.05. The minimum Gasteiger partial charge on any atom is -0.119 e. The standard InChI is InChI=1S/C28H34/c1-4-9-23-12-14-24(15-13-23)16-17-25-18-20-27(21-19-25)28(6-3)22-8-7-11-26(28)10-5-2/h3,7-8,11,18-24,26H,4-5,9-10,12-15H2,1-2H3. The summed E-state index contributed by atoms with van der Waals surface area (Å²) in [6.07, 6.45) is 24.9. The first kappa shape index (κ1) is 20.6. The molecule has 2 aliphatic rings. The first-order chi connectivity index (χ1) is 13.7. The van der Waals surface area contributed by atoms with Gasteiger partial charge < -0.3 is 0 Å². The van der Waals surface area contributed by atoms with E-state index in [9.17, 15) is 0 Å². The summed E-state index contributed by atoms with van der Waals surface area (Å²) in [5.41, 5.74) is 1.99. The fourth-order valence-corrected chi connectivity index (χ4v) is 4.88. The number of terminal acetylenes is 1. The van der Waals surface area contributed by atoms with E-state index in [2.05, 4.69) is 80.2 Å². The van der Waals surface area contributed by atoms with Gasteiger partial charge in [-0.25, -0.2) is 0 Å². The second kappa shape index (κ2) is 9.85.